The summed E-state index contributed by atoms with van der Waals surface area (Å²) in [4.78, 5) is 29.1. The lowest BCUT2D eigenvalue weighted by Crippen LogP contribution is -2.43. The Morgan fingerprint density at radius 2 is 1.95 bits per heavy atom. The van der Waals surface area contributed by atoms with Crippen LogP contribution in [0.1, 0.15) is 52.0 Å². The maximum Gasteiger partial charge on any atom is 0.509 e. The van der Waals surface area contributed by atoms with Crippen LogP contribution < -0.4 is 16.0 Å². The van der Waals surface area contributed by atoms with Crippen molar-refractivity contribution >= 4 is 12.2 Å². The molecule has 0 unspecified atom stereocenters. The van der Waals surface area contributed by atoms with Crippen LogP contribution in [0.2, 0.25) is 0 Å². The van der Waals surface area contributed by atoms with E-state index in [0.29, 0.717) is 31.2 Å². The first-order valence-corrected chi connectivity index (χ1v) is 13.5. The Balaban J connectivity index is 1.36. The molecule has 2 saturated heterocycles. The number of benzene rings is 1. The molecule has 2 fully saturated rings. The van der Waals surface area contributed by atoms with Crippen molar-refractivity contribution < 1.29 is 28.2 Å². The second-order valence-corrected chi connectivity index (χ2v) is 11.1. The van der Waals surface area contributed by atoms with Gasteiger partial charge in [-0.15, -0.1) is 0 Å². The summed E-state index contributed by atoms with van der Waals surface area (Å²) >= 11 is 0. The molecule has 0 aliphatic carbocycles. The zero-order valence-corrected chi connectivity index (χ0v) is 22.5. The molecule has 3 heterocycles. The van der Waals surface area contributed by atoms with Gasteiger partial charge in [0.05, 0.1) is 12.2 Å². The molecule has 1 amide bonds. The summed E-state index contributed by atoms with van der Waals surface area (Å²) in [5.74, 6) is 1.24. The Bertz CT molecular complexity index is 1010. The van der Waals surface area contributed by atoms with E-state index in [4.69, 9.17) is 18.6 Å². The summed E-state index contributed by atoms with van der Waals surface area (Å²) in [6.07, 6.45) is 5.48. The molecular formula is C28H40N4O6. The SMILES string of the molecule is CC(C)(C)OC(=O)O[C@H]1CN[C@H](Cc2ccc(-c3cnco3)cc2)[C@@H]1OC(=O)NCC[C@H]1CCCCNC1. The molecule has 0 spiro atoms. The molecule has 0 radical (unpaired) electrons. The summed E-state index contributed by atoms with van der Waals surface area (Å²) < 4.78 is 22.1. The minimum Gasteiger partial charge on any atom is -0.444 e. The fraction of sp³-hybridized carbons (Fsp3) is 0.607. The highest BCUT2D eigenvalue weighted by molar-refractivity contribution is 5.67. The number of amides is 1. The second-order valence-electron chi connectivity index (χ2n) is 11.1. The number of oxazole rings is 1. The maximum absolute atomic E-state index is 12.8. The van der Waals surface area contributed by atoms with E-state index in [1.807, 2.05) is 24.3 Å². The summed E-state index contributed by atoms with van der Waals surface area (Å²) in [6.45, 7) is 8.26. The first-order chi connectivity index (χ1) is 18.3. The van der Waals surface area contributed by atoms with Crippen LogP contribution in [0, 0.1) is 5.92 Å². The van der Waals surface area contributed by atoms with E-state index in [2.05, 4.69) is 20.9 Å². The van der Waals surface area contributed by atoms with Gasteiger partial charge in [-0.2, -0.15) is 0 Å². The molecule has 0 saturated carbocycles. The van der Waals surface area contributed by atoms with Crippen molar-refractivity contribution in [2.45, 2.75) is 76.7 Å². The molecule has 10 heteroatoms. The fourth-order valence-electron chi connectivity index (χ4n) is 4.91. The van der Waals surface area contributed by atoms with Gasteiger partial charge in [-0.1, -0.05) is 30.7 Å². The Morgan fingerprint density at radius 1 is 1.13 bits per heavy atom. The Morgan fingerprint density at radius 3 is 2.68 bits per heavy atom. The molecule has 1 aromatic carbocycles. The number of carbonyl (C=O) groups is 2. The van der Waals surface area contributed by atoms with Gasteiger partial charge in [-0.25, -0.2) is 14.6 Å². The third-order valence-electron chi connectivity index (χ3n) is 6.82. The molecular weight excluding hydrogens is 488 g/mol. The van der Waals surface area contributed by atoms with Crippen molar-refractivity contribution in [3.05, 3.63) is 42.4 Å². The van der Waals surface area contributed by atoms with E-state index in [0.717, 1.165) is 30.6 Å². The predicted molar refractivity (Wildman–Crippen MR) is 142 cm³/mol. The highest BCUT2D eigenvalue weighted by atomic mass is 16.7. The zero-order valence-electron chi connectivity index (χ0n) is 22.5. The standard InChI is InChI=1S/C28H40N4O6/c1-28(2,3)38-27(34)36-24-17-32-22(14-19-7-9-21(10-8-19)23-16-30-18-35-23)25(24)37-26(33)31-13-11-20-6-4-5-12-29-15-20/h7-10,16,18,20,22,24-25,29,32H,4-6,11-15,17H2,1-3H3,(H,31,33)/t20-,22-,24+,25+/m1/s1. The minimum atomic E-state index is -0.781. The summed E-state index contributed by atoms with van der Waals surface area (Å²) in [5, 5.41) is 9.71. The van der Waals surface area contributed by atoms with E-state index < -0.39 is 30.1 Å². The van der Waals surface area contributed by atoms with Crippen molar-refractivity contribution in [3.8, 4) is 11.3 Å². The van der Waals surface area contributed by atoms with Gasteiger partial charge in [0, 0.05) is 18.7 Å². The minimum absolute atomic E-state index is 0.240. The molecule has 2 aliphatic rings. The smallest absolute Gasteiger partial charge is 0.444 e. The Kier molecular flexibility index (Phi) is 9.63. The first kappa shape index (κ1) is 27.9. The van der Waals surface area contributed by atoms with Crippen molar-refractivity contribution in [3.63, 3.8) is 0 Å². The molecule has 2 aromatic rings. The molecule has 4 rings (SSSR count). The third kappa shape index (κ3) is 8.46. The van der Waals surface area contributed by atoms with Crippen molar-refractivity contribution in [2.24, 2.45) is 5.92 Å². The number of nitrogens with zero attached hydrogens (tertiary/aromatic N) is 1. The number of nitrogens with one attached hydrogen (secondary N) is 3. The van der Waals surface area contributed by atoms with Gasteiger partial charge >= 0.3 is 12.2 Å². The van der Waals surface area contributed by atoms with Crippen LogP contribution >= 0.6 is 0 Å². The van der Waals surface area contributed by atoms with Crippen molar-refractivity contribution in [1.29, 1.82) is 0 Å². The lowest BCUT2D eigenvalue weighted by molar-refractivity contribution is -0.0518. The van der Waals surface area contributed by atoms with Crippen LogP contribution in [-0.4, -0.2) is 67.3 Å². The van der Waals surface area contributed by atoms with E-state index in [1.165, 1.54) is 25.7 Å². The van der Waals surface area contributed by atoms with Crippen LogP contribution in [-0.2, 0) is 20.6 Å². The Hall–Kier alpha value is -3.11. The van der Waals surface area contributed by atoms with E-state index >= 15 is 0 Å². The number of ether oxygens (including phenoxy) is 3. The van der Waals surface area contributed by atoms with Crippen molar-refractivity contribution in [1.82, 2.24) is 20.9 Å². The van der Waals surface area contributed by atoms with Gasteiger partial charge in [0.15, 0.2) is 24.4 Å². The van der Waals surface area contributed by atoms with Crippen molar-refractivity contribution in [2.75, 3.05) is 26.2 Å². The Labute approximate surface area is 224 Å². The van der Waals surface area contributed by atoms with Gasteiger partial charge in [0.1, 0.15) is 5.60 Å². The largest absolute Gasteiger partial charge is 0.509 e. The van der Waals surface area contributed by atoms with E-state index in [-0.39, 0.29) is 6.04 Å². The van der Waals surface area contributed by atoms with Gasteiger partial charge in [-0.3, -0.25) is 0 Å². The molecule has 10 nitrogen and oxygen atoms in total. The summed E-state index contributed by atoms with van der Waals surface area (Å²) in [6, 6.07) is 7.68. The zero-order chi connectivity index (χ0) is 27.0. The second kappa shape index (κ2) is 13.1. The molecule has 1 aromatic heterocycles. The van der Waals surface area contributed by atoms with Gasteiger partial charge in [0.2, 0.25) is 0 Å². The van der Waals surface area contributed by atoms with Crippen LogP contribution in [0.4, 0.5) is 9.59 Å². The van der Waals surface area contributed by atoms with E-state index in [1.54, 1.807) is 27.0 Å². The van der Waals surface area contributed by atoms with Gasteiger partial charge < -0.3 is 34.6 Å². The van der Waals surface area contributed by atoms with Gasteiger partial charge in [0.25, 0.3) is 0 Å². The fourth-order valence-corrected chi connectivity index (χ4v) is 4.91. The number of carbonyl (C=O) groups excluding carboxylic acids is 2. The van der Waals surface area contributed by atoms with E-state index in [9.17, 15) is 9.59 Å². The molecule has 2 aliphatic heterocycles. The average Bonchev–Trinajstić information content (AvgIpc) is 3.44. The van der Waals surface area contributed by atoms with Crippen LogP contribution in [0.3, 0.4) is 0 Å². The number of alkyl carbamates (subject to hydrolysis) is 1. The predicted octanol–water partition coefficient (Wildman–Crippen LogP) is 4.05. The normalized spacial score (nSPS) is 23.9. The lowest BCUT2D eigenvalue weighted by atomic mass is 10.00. The molecule has 208 valence electrons. The number of hydrogen-bond donors (Lipinski definition) is 3. The molecule has 4 atom stereocenters. The third-order valence-corrected chi connectivity index (χ3v) is 6.82. The molecule has 3 N–H and O–H groups in total. The topological polar surface area (TPSA) is 124 Å². The number of hydrogen-bond acceptors (Lipinski definition) is 9. The van der Waals surface area contributed by atoms with Crippen LogP contribution in [0.5, 0.6) is 0 Å². The highest BCUT2D eigenvalue weighted by Gasteiger charge is 2.42. The first-order valence-electron chi connectivity index (χ1n) is 13.5. The highest BCUT2D eigenvalue weighted by Crippen LogP contribution is 2.24. The lowest BCUT2D eigenvalue weighted by Gasteiger charge is -2.26. The molecule has 38 heavy (non-hydrogen) atoms. The summed E-state index contributed by atoms with van der Waals surface area (Å²) in [5.41, 5.74) is 1.28. The monoisotopic (exact) mass is 528 g/mol. The van der Waals surface area contributed by atoms with Crippen LogP contribution in [0.25, 0.3) is 11.3 Å². The number of aromatic nitrogens is 1. The maximum atomic E-state index is 12.8. The average molecular weight is 529 g/mol. The number of rotatable bonds is 8. The van der Waals surface area contributed by atoms with Crippen LogP contribution in [0.15, 0.2) is 41.3 Å². The quantitative estimate of drug-likeness (QED) is 0.435. The molecule has 0 bridgehead atoms. The van der Waals surface area contributed by atoms with Gasteiger partial charge in [-0.05, 0) is 71.0 Å². The summed E-state index contributed by atoms with van der Waals surface area (Å²) in [7, 11) is 0.